The second kappa shape index (κ2) is 7.51. The molecule has 124 valence electrons. The molecule has 0 aliphatic rings. The van der Waals surface area contributed by atoms with Gasteiger partial charge in [-0.15, -0.1) is 4.98 Å². The van der Waals surface area contributed by atoms with Crippen molar-refractivity contribution in [2.24, 2.45) is 0 Å². The maximum atomic E-state index is 10.3. The van der Waals surface area contributed by atoms with E-state index in [-0.39, 0.29) is 17.8 Å². The first kappa shape index (κ1) is 18.3. The molecule has 4 atom stereocenters. The maximum Gasteiger partial charge on any atom is 0.437 e. The van der Waals surface area contributed by atoms with E-state index in [1.54, 1.807) is 0 Å². The summed E-state index contributed by atoms with van der Waals surface area (Å²) in [5.41, 5.74) is 10.6. The SMILES string of the molecule is Nc1nc(N)nc(/[NH+]=C/[C@H](O)[C@H](O)[C@H](O)COP(=O)([O-])O)n1. The van der Waals surface area contributed by atoms with Crippen LogP contribution < -0.4 is 21.4 Å². The lowest BCUT2D eigenvalue weighted by molar-refractivity contribution is -0.363. The number of phosphoric acid groups is 1. The average Bonchev–Trinajstić information content (AvgIpc) is 2.39. The Kier molecular flexibility index (Phi) is 6.25. The van der Waals surface area contributed by atoms with Gasteiger partial charge in [0.05, 0.1) is 12.8 Å². The summed E-state index contributed by atoms with van der Waals surface area (Å²) in [5, 5.41) is 28.5. The minimum absolute atomic E-state index is 0.124. The van der Waals surface area contributed by atoms with Crippen LogP contribution in [0.25, 0.3) is 0 Å². The maximum absolute atomic E-state index is 10.3. The number of nitrogen functional groups attached to an aromatic ring is 2. The number of nitrogens with one attached hydrogen (secondary N) is 1. The van der Waals surface area contributed by atoms with E-state index in [2.05, 4.69) is 24.5 Å². The van der Waals surface area contributed by atoms with Crippen LogP contribution in [0.3, 0.4) is 0 Å². The zero-order chi connectivity index (χ0) is 16.9. The summed E-state index contributed by atoms with van der Waals surface area (Å²) in [6.07, 6.45) is -4.40. The number of aliphatic hydroxyl groups excluding tert-OH is 3. The van der Waals surface area contributed by atoms with Crippen molar-refractivity contribution in [2.45, 2.75) is 18.3 Å². The third-order valence-electron chi connectivity index (χ3n) is 2.21. The second-order valence-corrected chi connectivity index (χ2v) is 5.19. The fourth-order valence-electron chi connectivity index (χ4n) is 1.23. The van der Waals surface area contributed by atoms with Gasteiger partial charge in [0.1, 0.15) is 18.3 Å². The minimum Gasteiger partial charge on any atom is -0.756 e. The summed E-state index contributed by atoms with van der Waals surface area (Å²) in [5.74, 6) is -0.483. The Bertz CT molecular complexity index is 560. The lowest BCUT2D eigenvalue weighted by atomic mass is 10.1. The lowest BCUT2D eigenvalue weighted by Crippen LogP contribution is -2.66. The fourth-order valence-corrected chi connectivity index (χ4v) is 1.57. The highest BCUT2D eigenvalue weighted by molar-refractivity contribution is 7.44. The molecule has 13 nitrogen and oxygen atoms in total. The van der Waals surface area contributed by atoms with Gasteiger partial charge in [0.25, 0.3) is 7.82 Å². The number of aromatic nitrogens is 3. The molecule has 1 aromatic rings. The summed E-state index contributed by atoms with van der Waals surface area (Å²) in [7, 11) is -5.05. The predicted octanol–water partition coefficient (Wildman–Crippen LogP) is -5.62. The van der Waals surface area contributed by atoms with Crippen LogP contribution in [0.15, 0.2) is 0 Å². The van der Waals surface area contributed by atoms with Crippen molar-refractivity contribution in [3.63, 3.8) is 0 Å². The van der Waals surface area contributed by atoms with Gasteiger partial charge in [-0.3, -0.25) is 4.57 Å². The predicted molar refractivity (Wildman–Crippen MR) is 69.1 cm³/mol. The highest BCUT2D eigenvalue weighted by atomic mass is 31.2. The molecule has 1 rings (SSSR count). The van der Waals surface area contributed by atoms with Crippen molar-refractivity contribution >= 4 is 31.9 Å². The molecule has 1 heterocycles. The van der Waals surface area contributed by atoms with Crippen LogP contribution in [-0.4, -0.2) is 66.3 Å². The number of nitrogens with zero attached hydrogens (tertiary/aromatic N) is 3. The van der Waals surface area contributed by atoms with Crippen molar-refractivity contribution in [1.29, 1.82) is 0 Å². The molecule has 0 amide bonds. The summed E-state index contributed by atoms with van der Waals surface area (Å²) in [6.45, 7) is -0.949. The Balaban J connectivity index is 2.64. The number of anilines is 2. The standard InChI is InChI=1S/C8H15N6O7P/c9-6-12-7(10)14-8(13-6)11-1-3(15)5(17)4(16)2-21-22(18,19)20/h1,3-5,15-17H,2H2,(H2,18,19,20)(H4,9,10,12,13,14)/b11-1+/t3-,4+,5-/m0/s1. The van der Waals surface area contributed by atoms with E-state index in [1.807, 2.05) is 0 Å². The Hall–Kier alpha value is -1.73. The Labute approximate surface area is 123 Å². The smallest absolute Gasteiger partial charge is 0.437 e. The van der Waals surface area contributed by atoms with Gasteiger partial charge in [0.15, 0.2) is 0 Å². The monoisotopic (exact) mass is 338 g/mol. The van der Waals surface area contributed by atoms with E-state index in [0.29, 0.717) is 0 Å². The first-order valence-electron chi connectivity index (χ1n) is 5.68. The first-order chi connectivity index (χ1) is 10.1. The quantitative estimate of drug-likeness (QED) is 0.182. The van der Waals surface area contributed by atoms with Gasteiger partial charge in [-0.25, -0.2) is 4.99 Å². The van der Waals surface area contributed by atoms with Crippen LogP contribution in [-0.2, 0) is 9.09 Å². The fraction of sp³-hybridized carbons (Fsp3) is 0.500. The van der Waals surface area contributed by atoms with E-state index in [1.165, 1.54) is 0 Å². The molecular formula is C8H15N6O7P. The molecule has 0 saturated carbocycles. The van der Waals surface area contributed by atoms with Gasteiger partial charge in [-0.1, -0.05) is 0 Å². The van der Waals surface area contributed by atoms with E-state index in [4.69, 9.17) is 16.4 Å². The number of hydrogen-bond acceptors (Lipinski definition) is 11. The molecule has 0 bridgehead atoms. The topological polar surface area (TPSA) is 235 Å². The van der Waals surface area contributed by atoms with Crippen LogP contribution in [0.4, 0.5) is 17.8 Å². The highest BCUT2D eigenvalue weighted by Gasteiger charge is 2.25. The number of phosphoric ester groups is 1. The van der Waals surface area contributed by atoms with Gasteiger partial charge in [0.2, 0.25) is 0 Å². The van der Waals surface area contributed by atoms with Gasteiger partial charge >= 0.3 is 17.8 Å². The summed E-state index contributed by atoms with van der Waals surface area (Å²) in [6, 6.07) is 0. The molecule has 22 heavy (non-hydrogen) atoms. The van der Waals surface area contributed by atoms with Crippen molar-refractivity contribution in [3.05, 3.63) is 0 Å². The molecule has 1 unspecified atom stereocenters. The van der Waals surface area contributed by atoms with Crippen LogP contribution in [0, 0.1) is 0 Å². The normalized spacial score (nSPS) is 18.8. The van der Waals surface area contributed by atoms with Crippen molar-refractivity contribution in [2.75, 3.05) is 18.1 Å². The van der Waals surface area contributed by atoms with Crippen LogP contribution in [0.1, 0.15) is 0 Å². The number of aliphatic hydroxyl groups is 3. The number of rotatable bonds is 7. The van der Waals surface area contributed by atoms with Crippen LogP contribution in [0.5, 0.6) is 0 Å². The van der Waals surface area contributed by atoms with Crippen molar-refractivity contribution in [1.82, 2.24) is 15.0 Å². The first-order valence-corrected chi connectivity index (χ1v) is 7.17. The molecule has 0 fully saturated rings. The van der Waals surface area contributed by atoms with Gasteiger partial charge < -0.3 is 41.1 Å². The third-order valence-corrected chi connectivity index (χ3v) is 2.68. The van der Waals surface area contributed by atoms with E-state index >= 15 is 0 Å². The highest BCUT2D eigenvalue weighted by Crippen LogP contribution is 2.30. The molecule has 0 aromatic carbocycles. The van der Waals surface area contributed by atoms with Crippen LogP contribution >= 0.6 is 7.82 Å². The minimum atomic E-state index is -5.05. The van der Waals surface area contributed by atoms with E-state index < -0.39 is 32.7 Å². The van der Waals surface area contributed by atoms with E-state index in [9.17, 15) is 24.8 Å². The largest absolute Gasteiger partial charge is 0.756 e. The average molecular weight is 338 g/mol. The number of hydrogen-bond donors (Lipinski definition) is 7. The molecule has 14 heteroatoms. The van der Waals surface area contributed by atoms with Crippen LogP contribution in [0.2, 0.25) is 0 Å². The zero-order valence-electron chi connectivity index (χ0n) is 11.0. The summed E-state index contributed by atoms with van der Waals surface area (Å²) >= 11 is 0. The summed E-state index contributed by atoms with van der Waals surface area (Å²) < 4.78 is 14.2. The summed E-state index contributed by atoms with van der Waals surface area (Å²) in [4.78, 5) is 31.8. The lowest BCUT2D eigenvalue weighted by Gasteiger charge is -2.22. The second-order valence-electron chi connectivity index (χ2n) is 4.00. The molecule has 9 N–H and O–H groups in total. The van der Waals surface area contributed by atoms with Gasteiger partial charge in [0, 0.05) is 0 Å². The molecule has 1 aromatic heterocycles. The molecule has 0 aliphatic carbocycles. The molecule has 0 saturated heterocycles. The Morgan fingerprint density at radius 1 is 1.27 bits per heavy atom. The third kappa shape index (κ3) is 6.36. The molecule has 0 radical (unpaired) electrons. The van der Waals surface area contributed by atoms with Crippen molar-refractivity contribution < 1.29 is 39.2 Å². The Morgan fingerprint density at radius 2 is 1.82 bits per heavy atom. The van der Waals surface area contributed by atoms with Gasteiger partial charge in [-0.2, -0.15) is 0 Å². The van der Waals surface area contributed by atoms with Crippen molar-refractivity contribution in [3.8, 4) is 0 Å². The Morgan fingerprint density at radius 3 is 2.32 bits per heavy atom. The molecule has 0 aliphatic heterocycles. The number of nitrogens with two attached hydrogens (primary N) is 2. The molecule has 0 spiro atoms. The van der Waals surface area contributed by atoms with Gasteiger partial charge in [-0.05, 0) is 9.97 Å². The van der Waals surface area contributed by atoms with E-state index in [0.717, 1.165) is 6.21 Å². The molecular weight excluding hydrogens is 323 g/mol. The zero-order valence-corrected chi connectivity index (χ0v) is 11.9.